The predicted octanol–water partition coefficient (Wildman–Crippen LogP) is 5.80. The fourth-order valence-electron chi connectivity index (χ4n) is 5.60. The number of hydrogen-bond donors (Lipinski definition) is 0. The molecule has 0 aliphatic carbocycles. The molecule has 0 unspecified atom stereocenters. The topological polar surface area (TPSA) is 36.4 Å². The summed E-state index contributed by atoms with van der Waals surface area (Å²) in [6, 6.07) is 22.5. The third-order valence-corrected chi connectivity index (χ3v) is 7.26. The van der Waals surface area contributed by atoms with E-state index < -0.39 is 0 Å². The van der Waals surface area contributed by atoms with Gasteiger partial charge in [0.1, 0.15) is 5.82 Å². The van der Waals surface area contributed by atoms with E-state index in [0.717, 1.165) is 41.7 Å². The molecule has 3 heterocycles. The summed E-state index contributed by atoms with van der Waals surface area (Å²) in [4.78, 5) is 23.5. The second kappa shape index (κ2) is 8.03. The zero-order chi connectivity index (χ0) is 23.4. The van der Waals surface area contributed by atoms with E-state index in [2.05, 4.69) is 37.1 Å². The minimum Gasteiger partial charge on any atom is -0.306 e. The van der Waals surface area contributed by atoms with Gasteiger partial charge < -0.3 is 9.80 Å². The smallest absolute Gasteiger partial charge is 0.259 e. The molecule has 2 atom stereocenters. The van der Waals surface area contributed by atoms with Crippen molar-refractivity contribution < 1.29 is 9.18 Å². The number of fused-ring (bicyclic) bond motifs is 4. The minimum atomic E-state index is -0.293. The molecular formula is C29H26FN3O. The van der Waals surface area contributed by atoms with Crippen molar-refractivity contribution >= 4 is 22.5 Å². The normalized spacial score (nSPS) is 19.8. The van der Waals surface area contributed by atoms with Gasteiger partial charge in [0, 0.05) is 35.1 Å². The molecule has 0 spiro atoms. The highest BCUT2D eigenvalue weighted by atomic mass is 19.1. The molecule has 1 fully saturated rings. The largest absolute Gasteiger partial charge is 0.306 e. The van der Waals surface area contributed by atoms with Crippen LogP contribution >= 0.6 is 0 Å². The Morgan fingerprint density at radius 2 is 1.82 bits per heavy atom. The maximum absolute atomic E-state index is 14.3. The molecule has 1 saturated heterocycles. The Bertz CT molecular complexity index is 1420. The first-order valence-corrected chi connectivity index (χ1v) is 11.8. The minimum absolute atomic E-state index is 0.00381. The summed E-state index contributed by atoms with van der Waals surface area (Å²) in [5, 5.41) is 0.836. The predicted molar refractivity (Wildman–Crippen MR) is 134 cm³/mol. The lowest BCUT2D eigenvalue weighted by Crippen LogP contribution is -2.47. The number of nitrogens with zero attached hydrogens (tertiary/aromatic N) is 3. The van der Waals surface area contributed by atoms with Crippen LogP contribution < -0.4 is 4.90 Å². The maximum Gasteiger partial charge on any atom is 0.259 e. The fraction of sp³-hybridized carbons (Fsp3) is 0.241. The zero-order valence-corrected chi connectivity index (χ0v) is 19.3. The van der Waals surface area contributed by atoms with Gasteiger partial charge in [0.25, 0.3) is 5.91 Å². The van der Waals surface area contributed by atoms with E-state index in [1.165, 1.54) is 23.3 Å². The number of likely N-dealkylation sites (tertiary alicyclic amines) is 1. The number of amides is 1. The molecule has 4 aromatic rings. The van der Waals surface area contributed by atoms with Gasteiger partial charge in [-0.15, -0.1) is 0 Å². The van der Waals surface area contributed by atoms with Gasteiger partial charge in [0.05, 0.1) is 16.8 Å². The molecule has 2 aliphatic rings. The number of likely N-dealkylation sites (N-methyl/N-ethyl adjacent to an activating group) is 1. The Balaban J connectivity index is 1.51. The van der Waals surface area contributed by atoms with Gasteiger partial charge >= 0.3 is 0 Å². The van der Waals surface area contributed by atoms with Crippen LogP contribution in [0.25, 0.3) is 22.2 Å². The standard InChI is InChI=1S/C29H26FN3O/c1-18-7-12-27-22(15-18)24-17-32(2)14-13-28(24)33(27)29(34)23-16-26(19-8-10-20(30)11-9-19)31-25-6-4-3-5-21(23)25/h3-12,15-16,24,28H,13-14,17H2,1-2H3/t24-,28-/m0/s1. The number of piperidine rings is 1. The summed E-state index contributed by atoms with van der Waals surface area (Å²) in [6.07, 6.45) is 0.939. The number of halogens is 1. The van der Waals surface area contributed by atoms with E-state index in [4.69, 9.17) is 4.98 Å². The molecule has 1 aromatic heterocycles. The van der Waals surface area contributed by atoms with Crippen LogP contribution in [0.3, 0.4) is 0 Å². The number of para-hydroxylation sites is 1. The van der Waals surface area contributed by atoms with Gasteiger partial charge in [0.2, 0.25) is 0 Å². The van der Waals surface area contributed by atoms with Crippen LogP contribution in [0.1, 0.15) is 33.8 Å². The number of benzene rings is 3. The van der Waals surface area contributed by atoms with Crippen LogP contribution in [0.4, 0.5) is 10.1 Å². The third kappa shape index (κ3) is 3.39. The molecule has 4 nitrogen and oxygen atoms in total. The molecule has 170 valence electrons. The molecule has 6 rings (SSSR count). The van der Waals surface area contributed by atoms with Gasteiger partial charge in [-0.1, -0.05) is 35.9 Å². The molecule has 5 heteroatoms. The molecule has 34 heavy (non-hydrogen) atoms. The monoisotopic (exact) mass is 451 g/mol. The van der Waals surface area contributed by atoms with Gasteiger partial charge in [-0.05, 0) is 75.0 Å². The average Bonchev–Trinajstić information content (AvgIpc) is 3.16. The summed E-state index contributed by atoms with van der Waals surface area (Å²) in [6.45, 7) is 4.02. The summed E-state index contributed by atoms with van der Waals surface area (Å²) >= 11 is 0. The van der Waals surface area contributed by atoms with Crippen molar-refractivity contribution in [3.05, 3.63) is 95.3 Å². The van der Waals surface area contributed by atoms with E-state index in [0.29, 0.717) is 17.2 Å². The summed E-state index contributed by atoms with van der Waals surface area (Å²) in [5.74, 6) is 0.0181. The van der Waals surface area contributed by atoms with Gasteiger partial charge in [-0.2, -0.15) is 0 Å². The van der Waals surface area contributed by atoms with E-state index in [1.807, 2.05) is 35.2 Å². The van der Waals surface area contributed by atoms with Crippen molar-refractivity contribution in [3.8, 4) is 11.3 Å². The number of pyridine rings is 1. The van der Waals surface area contributed by atoms with Crippen molar-refractivity contribution in [1.29, 1.82) is 0 Å². The van der Waals surface area contributed by atoms with Crippen LogP contribution in [0.2, 0.25) is 0 Å². The lowest BCUT2D eigenvalue weighted by Gasteiger charge is -2.36. The number of rotatable bonds is 2. The van der Waals surface area contributed by atoms with E-state index in [-0.39, 0.29) is 17.8 Å². The number of hydrogen-bond acceptors (Lipinski definition) is 3. The third-order valence-electron chi connectivity index (χ3n) is 7.26. The number of aryl methyl sites for hydroxylation is 1. The van der Waals surface area contributed by atoms with Crippen LogP contribution in [0, 0.1) is 12.7 Å². The zero-order valence-electron chi connectivity index (χ0n) is 19.3. The Hall–Kier alpha value is -3.57. The van der Waals surface area contributed by atoms with Gasteiger partial charge in [-0.25, -0.2) is 9.37 Å². The highest BCUT2D eigenvalue weighted by Crippen LogP contribution is 2.46. The SMILES string of the molecule is Cc1ccc2c(c1)[C@@H]1CN(C)CC[C@@H]1N2C(=O)c1cc(-c2ccc(F)cc2)nc2ccccc12. The lowest BCUT2D eigenvalue weighted by atomic mass is 9.88. The van der Waals surface area contributed by atoms with Crippen LogP contribution in [-0.2, 0) is 0 Å². The summed E-state index contributed by atoms with van der Waals surface area (Å²) < 4.78 is 13.5. The second-order valence-corrected chi connectivity index (χ2v) is 9.54. The Morgan fingerprint density at radius 3 is 2.65 bits per heavy atom. The van der Waals surface area contributed by atoms with Gasteiger partial charge in [0.15, 0.2) is 0 Å². The first-order valence-electron chi connectivity index (χ1n) is 11.8. The molecule has 1 amide bonds. The van der Waals surface area contributed by atoms with E-state index in [1.54, 1.807) is 12.1 Å². The highest BCUT2D eigenvalue weighted by molar-refractivity contribution is 6.15. The highest BCUT2D eigenvalue weighted by Gasteiger charge is 2.44. The van der Waals surface area contributed by atoms with Crippen molar-refractivity contribution in [2.75, 3.05) is 25.0 Å². The Labute approximate surface area is 198 Å². The molecule has 2 aliphatic heterocycles. The number of carbonyl (C=O) groups excluding carboxylic acids is 1. The number of aromatic nitrogens is 1. The van der Waals surface area contributed by atoms with E-state index >= 15 is 0 Å². The van der Waals surface area contributed by atoms with Gasteiger partial charge in [-0.3, -0.25) is 4.79 Å². The van der Waals surface area contributed by atoms with Crippen LogP contribution in [0.15, 0.2) is 72.8 Å². The molecule has 0 radical (unpaired) electrons. The molecule has 0 bridgehead atoms. The number of anilines is 1. The Kier molecular flexibility index (Phi) is 4.96. The fourth-order valence-corrected chi connectivity index (χ4v) is 5.60. The first kappa shape index (κ1) is 21.0. The molecular weight excluding hydrogens is 425 g/mol. The van der Waals surface area contributed by atoms with Crippen molar-refractivity contribution in [1.82, 2.24) is 9.88 Å². The van der Waals surface area contributed by atoms with Crippen molar-refractivity contribution in [3.63, 3.8) is 0 Å². The first-order chi connectivity index (χ1) is 16.5. The summed E-state index contributed by atoms with van der Waals surface area (Å²) in [5.41, 5.74) is 6.35. The van der Waals surface area contributed by atoms with Crippen molar-refractivity contribution in [2.24, 2.45) is 0 Å². The maximum atomic E-state index is 14.3. The number of carbonyl (C=O) groups is 1. The molecule has 0 saturated carbocycles. The lowest BCUT2D eigenvalue weighted by molar-refractivity contribution is 0.0966. The summed E-state index contributed by atoms with van der Waals surface area (Å²) in [7, 11) is 2.15. The van der Waals surface area contributed by atoms with Crippen molar-refractivity contribution in [2.45, 2.75) is 25.3 Å². The quantitative estimate of drug-likeness (QED) is 0.387. The molecule has 3 aromatic carbocycles. The average molecular weight is 452 g/mol. The van der Waals surface area contributed by atoms with Crippen LogP contribution in [0.5, 0.6) is 0 Å². The van der Waals surface area contributed by atoms with E-state index in [9.17, 15) is 9.18 Å². The second-order valence-electron chi connectivity index (χ2n) is 9.54. The molecule has 0 N–H and O–H groups in total. The Morgan fingerprint density at radius 1 is 1.03 bits per heavy atom. The van der Waals surface area contributed by atoms with Crippen LogP contribution in [-0.4, -0.2) is 42.0 Å².